The van der Waals surface area contributed by atoms with Crippen LogP contribution in [0.15, 0.2) is 30.5 Å². The molecule has 0 saturated heterocycles. The Kier molecular flexibility index (Phi) is 3.53. The topological polar surface area (TPSA) is 54.9 Å². The van der Waals surface area contributed by atoms with E-state index in [1.54, 1.807) is 6.92 Å². The van der Waals surface area contributed by atoms with E-state index in [1.807, 2.05) is 0 Å². The van der Waals surface area contributed by atoms with Gasteiger partial charge in [0.1, 0.15) is 11.0 Å². The van der Waals surface area contributed by atoms with Crippen molar-refractivity contribution in [2.45, 2.75) is 6.92 Å². The molecule has 0 atom stereocenters. The Labute approximate surface area is 108 Å². The summed E-state index contributed by atoms with van der Waals surface area (Å²) in [5.74, 6) is -0.872. The van der Waals surface area contributed by atoms with E-state index < -0.39 is 11.7 Å². The predicted molar refractivity (Wildman–Crippen MR) is 66.1 cm³/mol. The standard InChI is InChI=1S/C12H9ClFN3O/c1-7-2-3-8(14)6-9(7)11(18)17-12-15-5-4-10(13)16-12/h2-6H,1H3,(H,15,16,17,18). The van der Waals surface area contributed by atoms with E-state index in [-0.39, 0.29) is 16.7 Å². The molecule has 2 rings (SSSR count). The van der Waals surface area contributed by atoms with Crippen molar-refractivity contribution in [1.29, 1.82) is 0 Å². The maximum absolute atomic E-state index is 13.1. The summed E-state index contributed by atoms with van der Waals surface area (Å²) in [6.07, 6.45) is 1.42. The maximum Gasteiger partial charge on any atom is 0.258 e. The summed E-state index contributed by atoms with van der Waals surface area (Å²) in [7, 11) is 0. The monoisotopic (exact) mass is 265 g/mol. The summed E-state index contributed by atoms with van der Waals surface area (Å²) in [5.41, 5.74) is 0.898. The Hall–Kier alpha value is -2.01. The summed E-state index contributed by atoms with van der Waals surface area (Å²) in [4.78, 5) is 19.6. The first-order valence-corrected chi connectivity index (χ1v) is 5.50. The molecule has 92 valence electrons. The average Bonchev–Trinajstić information content (AvgIpc) is 2.32. The average molecular weight is 266 g/mol. The van der Waals surface area contributed by atoms with Gasteiger partial charge < -0.3 is 0 Å². The minimum atomic E-state index is -0.478. The first kappa shape index (κ1) is 12.4. The van der Waals surface area contributed by atoms with E-state index in [0.717, 1.165) is 6.07 Å². The summed E-state index contributed by atoms with van der Waals surface area (Å²) in [6, 6.07) is 5.48. The molecule has 0 unspecified atom stereocenters. The Morgan fingerprint density at radius 1 is 1.39 bits per heavy atom. The Morgan fingerprint density at radius 2 is 2.17 bits per heavy atom. The lowest BCUT2D eigenvalue weighted by atomic mass is 10.1. The third kappa shape index (κ3) is 2.81. The Bertz CT molecular complexity index is 604. The van der Waals surface area contributed by atoms with Gasteiger partial charge in [-0.2, -0.15) is 0 Å². The minimum Gasteiger partial charge on any atom is -0.290 e. The van der Waals surface area contributed by atoms with Crippen LogP contribution >= 0.6 is 11.6 Å². The lowest BCUT2D eigenvalue weighted by Crippen LogP contribution is -2.15. The van der Waals surface area contributed by atoms with Crippen molar-refractivity contribution in [2.24, 2.45) is 0 Å². The van der Waals surface area contributed by atoms with Crippen LogP contribution < -0.4 is 5.32 Å². The zero-order valence-corrected chi connectivity index (χ0v) is 10.2. The number of hydrogen-bond donors (Lipinski definition) is 1. The van der Waals surface area contributed by atoms with Crippen LogP contribution in [0, 0.1) is 12.7 Å². The van der Waals surface area contributed by atoms with Gasteiger partial charge in [-0.05, 0) is 30.7 Å². The first-order chi connectivity index (χ1) is 8.56. The molecule has 0 bridgehead atoms. The number of nitrogens with zero attached hydrogens (tertiary/aromatic N) is 2. The van der Waals surface area contributed by atoms with Crippen LogP contribution in [0.25, 0.3) is 0 Å². The molecule has 0 saturated carbocycles. The largest absolute Gasteiger partial charge is 0.290 e. The molecule has 4 nitrogen and oxygen atoms in total. The van der Waals surface area contributed by atoms with Gasteiger partial charge >= 0.3 is 0 Å². The molecule has 0 radical (unpaired) electrons. The number of anilines is 1. The molecule has 6 heteroatoms. The van der Waals surface area contributed by atoms with Gasteiger partial charge in [0.15, 0.2) is 0 Å². The second kappa shape index (κ2) is 5.10. The quantitative estimate of drug-likeness (QED) is 0.850. The molecule has 1 aromatic heterocycles. The fraction of sp³-hybridized carbons (Fsp3) is 0.0833. The van der Waals surface area contributed by atoms with Crippen LogP contribution in [0.5, 0.6) is 0 Å². The summed E-state index contributed by atoms with van der Waals surface area (Å²) >= 11 is 5.67. The van der Waals surface area contributed by atoms with E-state index in [9.17, 15) is 9.18 Å². The highest BCUT2D eigenvalue weighted by Gasteiger charge is 2.11. The van der Waals surface area contributed by atoms with Crippen molar-refractivity contribution in [1.82, 2.24) is 9.97 Å². The zero-order chi connectivity index (χ0) is 13.1. The molecule has 0 fully saturated rings. The second-order valence-corrected chi connectivity index (χ2v) is 4.00. The third-order valence-electron chi connectivity index (χ3n) is 2.29. The lowest BCUT2D eigenvalue weighted by molar-refractivity contribution is 0.102. The molecule has 0 aliphatic carbocycles. The number of aryl methyl sites for hydroxylation is 1. The molecule has 0 aliphatic heterocycles. The Morgan fingerprint density at radius 3 is 2.89 bits per heavy atom. The van der Waals surface area contributed by atoms with Gasteiger partial charge in [0.25, 0.3) is 5.91 Å². The van der Waals surface area contributed by atoms with Crippen molar-refractivity contribution >= 4 is 23.5 Å². The van der Waals surface area contributed by atoms with E-state index in [4.69, 9.17) is 11.6 Å². The fourth-order valence-electron chi connectivity index (χ4n) is 1.40. The molecule has 1 aromatic carbocycles. The third-order valence-corrected chi connectivity index (χ3v) is 2.50. The van der Waals surface area contributed by atoms with Gasteiger partial charge in [-0.3, -0.25) is 10.1 Å². The van der Waals surface area contributed by atoms with Crippen molar-refractivity contribution in [3.05, 3.63) is 52.6 Å². The van der Waals surface area contributed by atoms with Crippen molar-refractivity contribution < 1.29 is 9.18 Å². The van der Waals surface area contributed by atoms with Crippen molar-refractivity contribution in [2.75, 3.05) is 5.32 Å². The SMILES string of the molecule is Cc1ccc(F)cc1C(=O)Nc1nccc(Cl)n1. The van der Waals surface area contributed by atoms with Gasteiger partial charge in [0, 0.05) is 11.8 Å². The molecule has 0 aliphatic rings. The number of nitrogens with one attached hydrogen (secondary N) is 1. The van der Waals surface area contributed by atoms with Crippen molar-refractivity contribution in [3.63, 3.8) is 0 Å². The van der Waals surface area contributed by atoms with Crippen LogP contribution in [0.2, 0.25) is 5.15 Å². The highest BCUT2D eigenvalue weighted by atomic mass is 35.5. The molecular formula is C12H9ClFN3O. The molecule has 1 heterocycles. The molecule has 2 aromatic rings. The van der Waals surface area contributed by atoms with E-state index in [2.05, 4.69) is 15.3 Å². The number of amides is 1. The predicted octanol–water partition coefficient (Wildman–Crippen LogP) is 2.83. The highest BCUT2D eigenvalue weighted by molar-refractivity contribution is 6.29. The molecule has 1 N–H and O–H groups in total. The van der Waals surface area contributed by atoms with Crippen molar-refractivity contribution in [3.8, 4) is 0 Å². The van der Waals surface area contributed by atoms with Crippen LogP contribution in [-0.4, -0.2) is 15.9 Å². The van der Waals surface area contributed by atoms with Crippen LogP contribution in [0.3, 0.4) is 0 Å². The smallest absolute Gasteiger partial charge is 0.258 e. The van der Waals surface area contributed by atoms with Crippen LogP contribution in [-0.2, 0) is 0 Å². The number of rotatable bonds is 2. The van der Waals surface area contributed by atoms with Gasteiger partial charge in [-0.1, -0.05) is 17.7 Å². The number of hydrogen-bond acceptors (Lipinski definition) is 3. The van der Waals surface area contributed by atoms with E-state index in [0.29, 0.717) is 5.56 Å². The second-order valence-electron chi connectivity index (χ2n) is 3.62. The van der Waals surface area contributed by atoms with Crippen LogP contribution in [0.1, 0.15) is 15.9 Å². The highest BCUT2D eigenvalue weighted by Crippen LogP contribution is 2.12. The number of carbonyl (C=O) groups excluding carboxylic acids is 1. The first-order valence-electron chi connectivity index (χ1n) is 5.12. The van der Waals surface area contributed by atoms with Gasteiger partial charge in [-0.25, -0.2) is 14.4 Å². The van der Waals surface area contributed by atoms with Gasteiger partial charge in [0.05, 0.1) is 0 Å². The summed E-state index contributed by atoms with van der Waals surface area (Å²) < 4.78 is 13.1. The van der Waals surface area contributed by atoms with Gasteiger partial charge in [-0.15, -0.1) is 0 Å². The van der Waals surface area contributed by atoms with Crippen LogP contribution in [0.4, 0.5) is 10.3 Å². The van der Waals surface area contributed by atoms with Gasteiger partial charge in [0.2, 0.25) is 5.95 Å². The number of halogens is 2. The Balaban J connectivity index is 2.24. The minimum absolute atomic E-state index is 0.0798. The molecule has 18 heavy (non-hydrogen) atoms. The summed E-state index contributed by atoms with van der Waals surface area (Å²) in [5, 5.41) is 2.67. The normalized spacial score (nSPS) is 10.2. The number of carbonyl (C=O) groups is 1. The lowest BCUT2D eigenvalue weighted by Gasteiger charge is -2.06. The van der Waals surface area contributed by atoms with E-state index >= 15 is 0 Å². The number of benzene rings is 1. The zero-order valence-electron chi connectivity index (χ0n) is 9.45. The fourth-order valence-corrected chi connectivity index (χ4v) is 1.54. The molecular weight excluding hydrogens is 257 g/mol. The van der Waals surface area contributed by atoms with E-state index in [1.165, 1.54) is 24.4 Å². The summed E-state index contributed by atoms with van der Waals surface area (Å²) in [6.45, 7) is 1.72. The maximum atomic E-state index is 13.1. The molecule has 0 spiro atoms. The molecule has 1 amide bonds. The number of aromatic nitrogens is 2.